The van der Waals surface area contributed by atoms with E-state index in [-0.39, 0.29) is 23.5 Å². The summed E-state index contributed by atoms with van der Waals surface area (Å²) in [5.74, 6) is 0. The van der Waals surface area contributed by atoms with Gasteiger partial charge in [0.15, 0.2) is 0 Å². The number of hydrogen-bond acceptors (Lipinski definition) is 5. The van der Waals surface area contributed by atoms with Crippen molar-refractivity contribution in [1.29, 1.82) is 0 Å². The van der Waals surface area contributed by atoms with Gasteiger partial charge in [0, 0.05) is 18.4 Å². The van der Waals surface area contributed by atoms with E-state index in [1.54, 1.807) is 12.1 Å². The van der Waals surface area contributed by atoms with Gasteiger partial charge in [0.05, 0.1) is 17.1 Å². The molecule has 0 aliphatic carbocycles. The number of nitrogens with one attached hydrogen (secondary N) is 1. The van der Waals surface area contributed by atoms with Gasteiger partial charge in [-0.25, -0.2) is 0 Å². The average Bonchev–Trinajstić information content (AvgIpc) is 2.64. The van der Waals surface area contributed by atoms with E-state index in [9.17, 15) is 10.1 Å². The molecule has 17 heavy (non-hydrogen) atoms. The van der Waals surface area contributed by atoms with Gasteiger partial charge in [-0.15, -0.1) is 0 Å². The lowest BCUT2D eigenvalue weighted by Crippen LogP contribution is -2.26. The second-order valence-electron chi connectivity index (χ2n) is 4.15. The lowest BCUT2D eigenvalue weighted by atomic mass is 10.1. The predicted molar refractivity (Wildman–Crippen MR) is 65.0 cm³/mol. The highest BCUT2D eigenvalue weighted by molar-refractivity contribution is 5.66. The molecular formula is C11H15N3O3. The predicted octanol–water partition coefficient (Wildman–Crippen LogP) is 1.77. The standard InChI is InChI=1S/C11H15N3O3/c1-7-10(4-5-17-7)13-8-2-3-11(14(15)16)9(12)6-8/h2-3,6-7,10,13H,4-5,12H2,1H3. The zero-order valence-corrected chi connectivity index (χ0v) is 9.55. The second kappa shape index (κ2) is 4.58. The Hall–Kier alpha value is -1.82. The number of nitrogen functional groups attached to an aromatic ring is 1. The monoisotopic (exact) mass is 237 g/mol. The van der Waals surface area contributed by atoms with Crippen molar-refractivity contribution in [2.45, 2.75) is 25.5 Å². The number of hydrogen-bond donors (Lipinski definition) is 2. The summed E-state index contributed by atoms with van der Waals surface area (Å²) in [6, 6.07) is 4.90. The Morgan fingerprint density at radius 2 is 2.35 bits per heavy atom. The Morgan fingerprint density at radius 3 is 2.88 bits per heavy atom. The quantitative estimate of drug-likeness (QED) is 0.475. The molecule has 0 radical (unpaired) electrons. The summed E-state index contributed by atoms with van der Waals surface area (Å²) >= 11 is 0. The van der Waals surface area contributed by atoms with E-state index in [1.807, 2.05) is 6.92 Å². The van der Waals surface area contributed by atoms with Crippen molar-refractivity contribution in [2.24, 2.45) is 0 Å². The summed E-state index contributed by atoms with van der Waals surface area (Å²) in [5.41, 5.74) is 6.51. The van der Waals surface area contributed by atoms with E-state index in [1.165, 1.54) is 6.07 Å². The van der Waals surface area contributed by atoms with Crippen molar-refractivity contribution in [1.82, 2.24) is 0 Å². The van der Waals surface area contributed by atoms with Crippen LogP contribution in [0, 0.1) is 10.1 Å². The molecule has 6 heteroatoms. The highest BCUT2D eigenvalue weighted by Gasteiger charge is 2.24. The maximum Gasteiger partial charge on any atom is 0.292 e. The fourth-order valence-electron chi connectivity index (χ4n) is 1.95. The first-order chi connectivity index (χ1) is 8.08. The normalized spacial score (nSPS) is 23.6. The molecule has 6 nitrogen and oxygen atoms in total. The molecule has 1 aliphatic heterocycles. The number of nitrogens with zero attached hydrogens (tertiary/aromatic N) is 1. The van der Waals surface area contributed by atoms with Crippen molar-refractivity contribution >= 4 is 17.1 Å². The third kappa shape index (κ3) is 2.47. The molecule has 2 unspecified atom stereocenters. The molecule has 0 aromatic heterocycles. The van der Waals surface area contributed by atoms with E-state index in [0.717, 1.165) is 18.7 Å². The molecule has 2 rings (SSSR count). The lowest BCUT2D eigenvalue weighted by Gasteiger charge is -2.17. The number of rotatable bonds is 3. The Labute approximate surface area is 98.9 Å². The number of nitro groups is 1. The lowest BCUT2D eigenvalue weighted by molar-refractivity contribution is -0.383. The first kappa shape index (κ1) is 11.7. The van der Waals surface area contributed by atoms with Gasteiger partial charge in [0.2, 0.25) is 0 Å². The minimum Gasteiger partial charge on any atom is -0.393 e. The molecule has 1 aromatic rings. The molecule has 0 spiro atoms. The molecule has 1 aliphatic rings. The number of anilines is 2. The highest BCUT2D eigenvalue weighted by atomic mass is 16.6. The van der Waals surface area contributed by atoms with Crippen LogP contribution >= 0.6 is 0 Å². The Kier molecular flexibility index (Phi) is 3.14. The number of benzene rings is 1. The van der Waals surface area contributed by atoms with Crippen LogP contribution in [-0.4, -0.2) is 23.7 Å². The van der Waals surface area contributed by atoms with Crippen LogP contribution in [-0.2, 0) is 4.74 Å². The molecule has 92 valence electrons. The number of nitro benzene ring substituents is 1. The fourth-order valence-corrected chi connectivity index (χ4v) is 1.95. The molecular weight excluding hydrogens is 222 g/mol. The van der Waals surface area contributed by atoms with Crippen molar-refractivity contribution in [3.05, 3.63) is 28.3 Å². The van der Waals surface area contributed by atoms with Crippen LogP contribution in [0.15, 0.2) is 18.2 Å². The van der Waals surface area contributed by atoms with Crippen LogP contribution in [0.3, 0.4) is 0 Å². The third-order valence-electron chi connectivity index (χ3n) is 2.95. The van der Waals surface area contributed by atoms with E-state index >= 15 is 0 Å². The minimum atomic E-state index is -0.486. The van der Waals surface area contributed by atoms with Crippen LogP contribution in [0.1, 0.15) is 13.3 Å². The smallest absolute Gasteiger partial charge is 0.292 e. The van der Waals surface area contributed by atoms with Gasteiger partial charge in [-0.3, -0.25) is 10.1 Å². The second-order valence-corrected chi connectivity index (χ2v) is 4.15. The van der Waals surface area contributed by atoms with Gasteiger partial charge in [0.1, 0.15) is 5.69 Å². The van der Waals surface area contributed by atoms with Crippen molar-refractivity contribution in [3.63, 3.8) is 0 Å². The largest absolute Gasteiger partial charge is 0.393 e. The molecule has 1 heterocycles. The van der Waals surface area contributed by atoms with Crippen LogP contribution < -0.4 is 11.1 Å². The van der Waals surface area contributed by atoms with Gasteiger partial charge in [-0.1, -0.05) is 0 Å². The van der Waals surface area contributed by atoms with E-state index in [4.69, 9.17) is 10.5 Å². The Bertz CT molecular complexity index is 436. The van der Waals surface area contributed by atoms with Crippen molar-refractivity contribution in [2.75, 3.05) is 17.7 Å². The summed E-state index contributed by atoms with van der Waals surface area (Å²) in [6.07, 6.45) is 1.07. The van der Waals surface area contributed by atoms with Crippen LogP contribution in [0.4, 0.5) is 17.1 Å². The van der Waals surface area contributed by atoms with Gasteiger partial charge in [-0.05, 0) is 25.5 Å². The average molecular weight is 237 g/mol. The first-order valence-corrected chi connectivity index (χ1v) is 5.50. The van der Waals surface area contributed by atoms with Crippen LogP contribution in [0.5, 0.6) is 0 Å². The van der Waals surface area contributed by atoms with Gasteiger partial charge >= 0.3 is 0 Å². The summed E-state index contributed by atoms with van der Waals surface area (Å²) in [6.45, 7) is 2.74. The van der Waals surface area contributed by atoms with Gasteiger partial charge in [0.25, 0.3) is 5.69 Å². The molecule has 3 N–H and O–H groups in total. The maximum atomic E-state index is 10.6. The number of nitrogens with two attached hydrogens (primary N) is 1. The summed E-state index contributed by atoms with van der Waals surface area (Å²) in [5, 5.41) is 13.9. The van der Waals surface area contributed by atoms with Crippen LogP contribution in [0.2, 0.25) is 0 Å². The third-order valence-corrected chi connectivity index (χ3v) is 2.95. The van der Waals surface area contributed by atoms with E-state index in [2.05, 4.69) is 5.32 Å². The van der Waals surface area contributed by atoms with Gasteiger partial charge < -0.3 is 15.8 Å². The summed E-state index contributed by atoms with van der Waals surface area (Å²) in [7, 11) is 0. The molecule has 1 fully saturated rings. The molecule has 2 atom stereocenters. The molecule has 0 saturated carbocycles. The SMILES string of the molecule is CC1OCCC1Nc1ccc([N+](=O)[O-])c(N)c1. The molecule has 1 saturated heterocycles. The van der Waals surface area contributed by atoms with Crippen molar-refractivity contribution in [3.8, 4) is 0 Å². The zero-order valence-electron chi connectivity index (χ0n) is 9.55. The topological polar surface area (TPSA) is 90.4 Å². The zero-order chi connectivity index (χ0) is 12.4. The molecule has 0 bridgehead atoms. The van der Waals surface area contributed by atoms with E-state index in [0.29, 0.717) is 0 Å². The Morgan fingerprint density at radius 1 is 1.59 bits per heavy atom. The first-order valence-electron chi connectivity index (χ1n) is 5.50. The maximum absolute atomic E-state index is 10.6. The number of ether oxygens (including phenoxy) is 1. The molecule has 0 amide bonds. The van der Waals surface area contributed by atoms with Gasteiger partial charge in [-0.2, -0.15) is 0 Å². The fraction of sp³-hybridized carbons (Fsp3) is 0.455. The summed E-state index contributed by atoms with van der Waals surface area (Å²) in [4.78, 5) is 10.1. The summed E-state index contributed by atoms with van der Waals surface area (Å²) < 4.78 is 5.43. The van der Waals surface area contributed by atoms with E-state index < -0.39 is 4.92 Å². The Balaban J connectivity index is 2.12. The molecule has 1 aromatic carbocycles. The highest BCUT2D eigenvalue weighted by Crippen LogP contribution is 2.26. The van der Waals surface area contributed by atoms with Crippen molar-refractivity contribution < 1.29 is 9.66 Å². The minimum absolute atomic E-state index is 0.0636. The van der Waals surface area contributed by atoms with Crippen LogP contribution in [0.25, 0.3) is 0 Å².